The monoisotopic (exact) mass is 423 g/mol. The van der Waals surface area contributed by atoms with E-state index < -0.39 is 11.6 Å². The van der Waals surface area contributed by atoms with Gasteiger partial charge in [0.2, 0.25) is 0 Å². The highest BCUT2D eigenvalue weighted by atomic mass is 79.9. The minimum Gasteiger partial charge on any atom is -0.310 e. The van der Waals surface area contributed by atoms with Gasteiger partial charge in [-0.1, -0.05) is 13.0 Å². The van der Waals surface area contributed by atoms with Gasteiger partial charge in [-0.2, -0.15) is 0 Å². The number of benzene rings is 1. The zero-order chi connectivity index (χ0) is 14.7. The molecule has 1 atom stereocenters. The fraction of sp³-hybridized carbons (Fsp3) is 0.286. The Labute approximate surface area is 137 Å². The van der Waals surface area contributed by atoms with E-state index in [4.69, 9.17) is 0 Å². The lowest BCUT2D eigenvalue weighted by Gasteiger charge is -2.19. The van der Waals surface area contributed by atoms with Gasteiger partial charge in [-0.15, -0.1) is 11.3 Å². The summed E-state index contributed by atoms with van der Waals surface area (Å²) >= 11 is 8.23. The number of rotatable bonds is 5. The summed E-state index contributed by atoms with van der Waals surface area (Å²) in [6.07, 6.45) is 0.730. The van der Waals surface area contributed by atoms with Crippen LogP contribution in [0.25, 0.3) is 0 Å². The molecule has 2 rings (SSSR count). The second-order valence-electron chi connectivity index (χ2n) is 4.28. The number of likely N-dealkylation sites (N-methyl/N-ethyl adjacent to an activating group) is 1. The van der Waals surface area contributed by atoms with Crippen molar-refractivity contribution in [2.45, 2.75) is 19.4 Å². The number of halogens is 4. The molecule has 0 aliphatic rings. The summed E-state index contributed by atoms with van der Waals surface area (Å²) in [6, 6.07) is 6.76. The molecule has 1 N–H and O–H groups in total. The maximum atomic E-state index is 13.7. The average molecular weight is 425 g/mol. The van der Waals surface area contributed by atoms with Crippen molar-refractivity contribution in [1.82, 2.24) is 5.32 Å². The molecule has 108 valence electrons. The lowest BCUT2D eigenvalue weighted by Crippen LogP contribution is -2.23. The minimum absolute atomic E-state index is 0.0602. The molecule has 6 heteroatoms. The van der Waals surface area contributed by atoms with Crippen molar-refractivity contribution in [3.05, 3.63) is 54.6 Å². The molecular weight excluding hydrogens is 412 g/mol. The minimum atomic E-state index is -0.838. The van der Waals surface area contributed by atoms with Gasteiger partial charge in [-0.05, 0) is 62.2 Å². The summed E-state index contributed by atoms with van der Waals surface area (Å²) in [5, 5.41) is 3.32. The lowest BCUT2D eigenvalue weighted by molar-refractivity contribution is 0.491. The molecule has 1 nitrogen and oxygen atoms in total. The van der Waals surface area contributed by atoms with Gasteiger partial charge in [0.25, 0.3) is 0 Å². The molecule has 0 fully saturated rings. The Balaban J connectivity index is 2.31. The van der Waals surface area contributed by atoms with Crippen molar-refractivity contribution in [2.75, 3.05) is 6.54 Å². The first-order chi connectivity index (χ1) is 9.52. The predicted octanol–water partition coefficient (Wildman–Crippen LogP) is 5.44. The Morgan fingerprint density at radius 1 is 1.20 bits per heavy atom. The van der Waals surface area contributed by atoms with E-state index in [1.165, 1.54) is 10.9 Å². The van der Waals surface area contributed by atoms with Gasteiger partial charge >= 0.3 is 0 Å². The van der Waals surface area contributed by atoms with E-state index in [9.17, 15) is 8.78 Å². The number of hydrogen-bond donors (Lipinski definition) is 1. The van der Waals surface area contributed by atoms with Crippen molar-refractivity contribution < 1.29 is 8.78 Å². The molecule has 1 aromatic heterocycles. The first-order valence-electron chi connectivity index (χ1n) is 6.14. The molecule has 0 saturated carbocycles. The molecule has 0 amide bonds. The third-order valence-electron chi connectivity index (χ3n) is 2.93. The third-order valence-corrected chi connectivity index (χ3v) is 5.38. The van der Waals surface area contributed by atoms with Crippen molar-refractivity contribution >= 4 is 43.2 Å². The zero-order valence-electron chi connectivity index (χ0n) is 10.7. The number of hydrogen-bond acceptors (Lipinski definition) is 2. The van der Waals surface area contributed by atoms with Gasteiger partial charge < -0.3 is 5.32 Å². The summed E-state index contributed by atoms with van der Waals surface area (Å²) in [7, 11) is 0. The molecule has 1 aromatic carbocycles. The zero-order valence-corrected chi connectivity index (χ0v) is 14.7. The van der Waals surface area contributed by atoms with Crippen molar-refractivity contribution in [3.8, 4) is 0 Å². The van der Waals surface area contributed by atoms with Crippen LogP contribution in [0.1, 0.15) is 23.4 Å². The van der Waals surface area contributed by atoms with Gasteiger partial charge in [0.05, 0.1) is 8.26 Å². The summed E-state index contributed by atoms with van der Waals surface area (Å²) in [6.45, 7) is 2.74. The quantitative estimate of drug-likeness (QED) is 0.629. The topological polar surface area (TPSA) is 12.0 Å². The third kappa shape index (κ3) is 3.67. The lowest BCUT2D eigenvalue weighted by atomic mass is 10.0. The summed E-state index contributed by atoms with van der Waals surface area (Å²) < 4.78 is 28.1. The van der Waals surface area contributed by atoms with E-state index in [-0.39, 0.29) is 10.5 Å². The number of thiophene rings is 1. The highest BCUT2D eigenvalue weighted by Crippen LogP contribution is 2.32. The molecule has 0 bridgehead atoms. The van der Waals surface area contributed by atoms with Crippen LogP contribution in [0.15, 0.2) is 32.5 Å². The summed E-state index contributed by atoms with van der Waals surface area (Å²) in [5.41, 5.74) is 0.732. The highest BCUT2D eigenvalue weighted by molar-refractivity contribution is 9.11. The van der Waals surface area contributed by atoms with Crippen LogP contribution in [0.3, 0.4) is 0 Å². The van der Waals surface area contributed by atoms with Gasteiger partial charge in [0, 0.05) is 17.3 Å². The predicted molar refractivity (Wildman–Crippen MR) is 86.2 cm³/mol. The first-order valence-corrected chi connectivity index (χ1v) is 8.54. The molecule has 1 heterocycles. The Bertz CT molecular complexity index is 601. The maximum absolute atomic E-state index is 13.7. The second-order valence-corrected chi connectivity index (χ2v) is 7.63. The van der Waals surface area contributed by atoms with Gasteiger partial charge in [-0.25, -0.2) is 8.78 Å². The van der Waals surface area contributed by atoms with Crippen LogP contribution in [0.4, 0.5) is 8.78 Å². The maximum Gasteiger partial charge on any atom is 0.173 e. The van der Waals surface area contributed by atoms with Crippen molar-refractivity contribution in [1.29, 1.82) is 0 Å². The van der Waals surface area contributed by atoms with Crippen LogP contribution in [0, 0.1) is 11.6 Å². The van der Waals surface area contributed by atoms with E-state index in [1.807, 2.05) is 19.1 Å². The Kier molecular flexibility index (Phi) is 5.72. The second kappa shape index (κ2) is 7.11. The summed E-state index contributed by atoms with van der Waals surface area (Å²) in [5.74, 6) is -1.67. The molecule has 0 aliphatic carbocycles. The average Bonchev–Trinajstić information content (AvgIpc) is 2.81. The van der Waals surface area contributed by atoms with E-state index in [1.54, 1.807) is 17.4 Å². The van der Waals surface area contributed by atoms with Crippen molar-refractivity contribution in [2.24, 2.45) is 0 Å². The summed E-state index contributed by atoms with van der Waals surface area (Å²) in [4.78, 5) is 1.18. The smallest absolute Gasteiger partial charge is 0.173 e. The molecule has 20 heavy (non-hydrogen) atoms. The van der Waals surface area contributed by atoms with Gasteiger partial charge in [0.15, 0.2) is 11.6 Å². The SMILES string of the molecule is CCNC(Cc1ccc(Br)s1)c1ccc(F)c(F)c1Br. The molecule has 1 unspecified atom stereocenters. The van der Waals surface area contributed by atoms with Crippen LogP contribution < -0.4 is 5.32 Å². The van der Waals surface area contributed by atoms with E-state index in [2.05, 4.69) is 37.2 Å². The normalized spacial score (nSPS) is 12.7. The largest absolute Gasteiger partial charge is 0.310 e. The van der Waals surface area contributed by atoms with Crippen molar-refractivity contribution in [3.63, 3.8) is 0 Å². The van der Waals surface area contributed by atoms with E-state index in [0.29, 0.717) is 0 Å². The Morgan fingerprint density at radius 2 is 1.95 bits per heavy atom. The van der Waals surface area contributed by atoms with Crippen LogP contribution >= 0.6 is 43.2 Å². The van der Waals surface area contributed by atoms with E-state index >= 15 is 0 Å². The Hall–Kier alpha value is -0.300. The fourth-order valence-corrected chi connectivity index (χ4v) is 4.14. The Morgan fingerprint density at radius 3 is 2.55 bits per heavy atom. The molecule has 0 spiro atoms. The van der Waals surface area contributed by atoms with E-state index in [0.717, 1.165) is 22.3 Å². The van der Waals surface area contributed by atoms with Crippen LogP contribution in [-0.2, 0) is 6.42 Å². The highest BCUT2D eigenvalue weighted by Gasteiger charge is 2.19. The fourth-order valence-electron chi connectivity index (χ4n) is 2.01. The van der Waals surface area contributed by atoms with Crippen LogP contribution in [0.5, 0.6) is 0 Å². The molecule has 0 saturated heterocycles. The number of nitrogens with one attached hydrogen (secondary N) is 1. The molecular formula is C14H13Br2F2NS. The molecule has 0 aliphatic heterocycles. The van der Waals surface area contributed by atoms with Crippen LogP contribution in [-0.4, -0.2) is 6.54 Å². The standard InChI is InChI=1S/C14H13Br2F2NS/c1-2-19-11(7-8-3-6-12(15)20-8)9-4-5-10(17)14(18)13(9)16/h3-6,11,19H,2,7H2,1H3. The first kappa shape index (κ1) is 16.1. The van der Waals surface area contributed by atoms with Gasteiger partial charge in [0.1, 0.15) is 0 Å². The van der Waals surface area contributed by atoms with Crippen LogP contribution in [0.2, 0.25) is 0 Å². The van der Waals surface area contributed by atoms with Gasteiger partial charge in [-0.3, -0.25) is 0 Å². The molecule has 2 aromatic rings. The molecule has 0 radical (unpaired) electrons.